The van der Waals surface area contributed by atoms with E-state index < -0.39 is 0 Å². The van der Waals surface area contributed by atoms with Crippen LogP contribution in [0.2, 0.25) is 0 Å². The van der Waals surface area contributed by atoms with Crippen molar-refractivity contribution in [2.75, 3.05) is 40.3 Å². The SMILES string of the molecule is CC(C(=O)N(C)C)N1CCN(C(=O)c2ccccc2)CC1. The molecule has 0 spiro atoms. The number of nitrogens with zero attached hydrogens (tertiary/aromatic N) is 3. The minimum absolute atomic E-state index is 0.0711. The third-order valence-electron chi connectivity index (χ3n) is 3.97. The van der Waals surface area contributed by atoms with Gasteiger partial charge < -0.3 is 9.80 Å². The molecule has 0 aliphatic carbocycles. The van der Waals surface area contributed by atoms with Crippen LogP contribution in [0.1, 0.15) is 17.3 Å². The maximum Gasteiger partial charge on any atom is 0.253 e. The number of carbonyl (C=O) groups is 2. The summed E-state index contributed by atoms with van der Waals surface area (Å²) in [5, 5.41) is 0. The van der Waals surface area contributed by atoms with Gasteiger partial charge in [-0.25, -0.2) is 0 Å². The fraction of sp³-hybridized carbons (Fsp3) is 0.500. The first-order valence-electron chi connectivity index (χ1n) is 7.30. The van der Waals surface area contributed by atoms with Crippen LogP contribution < -0.4 is 0 Å². The molecule has 5 nitrogen and oxygen atoms in total. The fourth-order valence-corrected chi connectivity index (χ4v) is 2.61. The van der Waals surface area contributed by atoms with E-state index in [0.29, 0.717) is 13.1 Å². The van der Waals surface area contributed by atoms with Crippen molar-refractivity contribution in [3.05, 3.63) is 35.9 Å². The van der Waals surface area contributed by atoms with Gasteiger partial charge in [0.25, 0.3) is 5.91 Å². The van der Waals surface area contributed by atoms with Gasteiger partial charge in [0.05, 0.1) is 6.04 Å². The average molecular weight is 289 g/mol. The van der Waals surface area contributed by atoms with Crippen molar-refractivity contribution in [2.45, 2.75) is 13.0 Å². The van der Waals surface area contributed by atoms with Crippen LogP contribution in [0, 0.1) is 0 Å². The van der Waals surface area contributed by atoms with Crippen molar-refractivity contribution in [2.24, 2.45) is 0 Å². The van der Waals surface area contributed by atoms with Crippen LogP contribution in [0.25, 0.3) is 0 Å². The molecule has 21 heavy (non-hydrogen) atoms. The number of rotatable bonds is 3. The first kappa shape index (κ1) is 15.5. The topological polar surface area (TPSA) is 43.9 Å². The lowest BCUT2D eigenvalue weighted by Crippen LogP contribution is -2.54. The van der Waals surface area contributed by atoms with Crippen LogP contribution in [0.5, 0.6) is 0 Å². The molecule has 1 atom stereocenters. The third kappa shape index (κ3) is 3.61. The molecule has 114 valence electrons. The number of piperazine rings is 1. The highest BCUT2D eigenvalue weighted by Gasteiger charge is 2.28. The molecule has 0 bridgehead atoms. The Hall–Kier alpha value is -1.88. The minimum atomic E-state index is -0.131. The normalized spacial score (nSPS) is 17.4. The Morgan fingerprint density at radius 3 is 2.14 bits per heavy atom. The Morgan fingerprint density at radius 2 is 1.62 bits per heavy atom. The van der Waals surface area contributed by atoms with Gasteiger partial charge in [0.2, 0.25) is 5.91 Å². The van der Waals surface area contributed by atoms with Gasteiger partial charge in [-0.1, -0.05) is 18.2 Å². The standard InChI is InChI=1S/C16H23N3O2/c1-13(15(20)17(2)3)18-9-11-19(12-10-18)16(21)14-7-5-4-6-8-14/h4-8,13H,9-12H2,1-3H3. The molecule has 2 rings (SSSR count). The Kier molecular flexibility index (Phi) is 4.96. The van der Waals surface area contributed by atoms with Crippen molar-refractivity contribution in [3.63, 3.8) is 0 Å². The van der Waals surface area contributed by atoms with Crippen LogP contribution in [-0.4, -0.2) is 72.8 Å². The van der Waals surface area contributed by atoms with E-state index in [9.17, 15) is 9.59 Å². The monoisotopic (exact) mass is 289 g/mol. The second-order valence-corrected chi connectivity index (χ2v) is 5.60. The molecule has 0 N–H and O–H groups in total. The second kappa shape index (κ2) is 6.72. The van der Waals surface area contributed by atoms with Gasteiger partial charge in [0, 0.05) is 45.8 Å². The van der Waals surface area contributed by atoms with Crippen molar-refractivity contribution in [1.82, 2.24) is 14.7 Å². The summed E-state index contributed by atoms with van der Waals surface area (Å²) in [5.74, 6) is 0.180. The lowest BCUT2D eigenvalue weighted by Gasteiger charge is -2.38. The first-order valence-corrected chi connectivity index (χ1v) is 7.30. The van der Waals surface area contributed by atoms with Crippen LogP contribution >= 0.6 is 0 Å². The Labute approximate surface area is 126 Å². The number of benzene rings is 1. The van der Waals surface area contributed by atoms with Crippen LogP contribution in [-0.2, 0) is 4.79 Å². The van der Waals surface area contributed by atoms with Gasteiger partial charge in [-0.05, 0) is 19.1 Å². The molecule has 1 aromatic rings. The minimum Gasteiger partial charge on any atom is -0.347 e. The molecule has 0 aromatic heterocycles. The summed E-state index contributed by atoms with van der Waals surface area (Å²) in [6.07, 6.45) is 0. The molecule has 1 aliphatic heterocycles. The van der Waals surface area contributed by atoms with Crippen molar-refractivity contribution in [3.8, 4) is 0 Å². The zero-order chi connectivity index (χ0) is 15.4. The van der Waals surface area contributed by atoms with E-state index in [1.165, 1.54) is 0 Å². The molecule has 2 amide bonds. The van der Waals surface area contributed by atoms with Crippen LogP contribution in [0.3, 0.4) is 0 Å². The maximum absolute atomic E-state index is 12.4. The molecule has 0 saturated carbocycles. The highest BCUT2D eigenvalue weighted by atomic mass is 16.2. The van der Waals surface area contributed by atoms with E-state index in [2.05, 4.69) is 4.90 Å². The van der Waals surface area contributed by atoms with Gasteiger partial charge in [-0.3, -0.25) is 14.5 Å². The Morgan fingerprint density at radius 1 is 1.05 bits per heavy atom. The Bertz CT molecular complexity index is 494. The van der Waals surface area contributed by atoms with Gasteiger partial charge in [-0.15, -0.1) is 0 Å². The summed E-state index contributed by atoms with van der Waals surface area (Å²) >= 11 is 0. The lowest BCUT2D eigenvalue weighted by atomic mass is 10.1. The number of likely N-dealkylation sites (N-methyl/N-ethyl adjacent to an activating group) is 1. The lowest BCUT2D eigenvalue weighted by molar-refractivity contribution is -0.134. The van der Waals surface area contributed by atoms with E-state index in [4.69, 9.17) is 0 Å². The largest absolute Gasteiger partial charge is 0.347 e. The summed E-state index contributed by atoms with van der Waals surface area (Å²) in [4.78, 5) is 29.9. The molecule has 1 heterocycles. The third-order valence-corrected chi connectivity index (χ3v) is 3.97. The summed E-state index contributed by atoms with van der Waals surface area (Å²) in [6.45, 7) is 4.73. The highest BCUT2D eigenvalue weighted by Crippen LogP contribution is 2.11. The molecule has 5 heteroatoms. The van der Waals surface area contributed by atoms with Gasteiger partial charge >= 0.3 is 0 Å². The van der Waals surface area contributed by atoms with E-state index in [-0.39, 0.29) is 17.9 Å². The predicted octanol–water partition coefficient (Wildman–Crippen LogP) is 0.921. The molecular formula is C16H23N3O2. The molecule has 1 aliphatic rings. The Balaban J connectivity index is 1.92. The van der Waals surface area contributed by atoms with Crippen molar-refractivity contribution in [1.29, 1.82) is 0 Å². The molecule has 1 unspecified atom stereocenters. The summed E-state index contributed by atoms with van der Waals surface area (Å²) in [6, 6.07) is 9.21. The number of hydrogen-bond donors (Lipinski definition) is 0. The second-order valence-electron chi connectivity index (χ2n) is 5.60. The van der Waals surface area contributed by atoms with E-state index in [0.717, 1.165) is 18.7 Å². The number of hydrogen-bond acceptors (Lipinski definition) is 3. The molecule has 1 fully saturated rings. The average Bonchev–Trinajstić information content (AvgIpc) is 2.53. The summed E-state index contributed by atoms with van der Waals surface area (Å²) in [5.41, 5.74) is 0.725. The maximum atomic E-state index is 12.4. The zero-order valence-electron chi connectivity index (χ0n) is 13.0. The van der Waals surface area contributed by atoms with E-state index in [1.54, 1.807) is 19.0 Å². The fourth-order valence-electron chi connectivity index (χ4n) is 2.61. The molecule has 1 aromatic carbocycles. The van der Waals surface area contributed by atoms with Crippen LogP contribution in [0.4, 0.5) is 0 Å². The van der Waals surface area contributed by atoms with E-state index in [1.807, 2.05) is 42.2 Å². The predicted molar refractivity (Wildman–Crippen MR) is 82.1 cm³/mol. The zero-order valence-corrected chi connectivity index (χ0v) is 13.0. The summed E-state index contributed by atoms with van der Waals surface area (Å²) < 4.78 is 0. The van der Waals surface area contributed by atoms with E-state index >= 15 is 0 Å². The van der Waals surface area contributed by atoms with Crippen LogP contribution in [0.15, 0.2) is 30.3 Å². The van der Waals surface area contributed by atoms with Gasteiger partial charge in [0.15, 0.2) is 0 Å². The molecule has 0 radical (unpaired) electrons. The number of amides is 2. The molecular weight excluding hydrogens is 266 g/mol. The smallest absolute Gasteiger partial charge is 0.253 e. The van der Waals surface area contributed by atoms with Crippen molar-refractivity contribution >= 4 is 11.8 Å². The molecule has 1 saturated heterocycles. The van der Waals surface area contributed by atoms with Gasteiger partial charge in [-0.2, -0.15) is 0 Å². The first-order chi connectivity index (χ1) is 10.0. The highest BCUT2D eigenvalue weighted by molar-refractivity contribution is 5.94. The summed E-state index contributed by atoms with van der Waals surface area (Å²) in [7, 11) is 3.54. The van der Waals surface area contributed by atoms with Gasteiger partial charge in [0.1, 0.15) is 0 Å². The number of carbonyl (C=O) groups excluding carboxylic acids is 2. The quantitative estimate of drug-likeness (QED) is 0.831. The van der Waals surface area contributed by atoms with Crippen molar-refractivity contribution < 1.29 is 9.59 Å².